The van der Waals surface area contributed by atoms with E-state index in [4.69, 9.17) is 11.6 Å². The summed E-state index contributed by atoms with van der Waals surface area (Å²) < 4.78 is 0. The molecule has 1 nitrogen and oxygen atoms in total. The molecule has 0 aliphatic carbocycles. The Morgan fingerprint density at radius 1 is 1.00 bits per heavy atom. The summed E-state index contributed by atoms with van der Waals surface area (Å²) in [6.07, 6.45) is 0. The van der Waals surface area contributed by atoms with Crippen LogP contribution in [0.4, 0.5) is 0 Å². The number of ketones is 1. The van der Waals surface area contributed by atoms with Crippen LogP contribution in [0.3, 0.4) is 0 Å². The Balaban J connectivity index is 2.69. The monoisotopic (exact) mass is 258 g/mol. The van der Waals surface area contributed by atoms with Gasteiger partial charge < -0.3 is 0 Å². The molecule has 0 heterocycles. The second-order valence-electron chi connectivity index (χ2n) is 4.52. The van der Waals surface area contributed by atoms with Crippen molar-refractivity contribution in [3.8, 4) is 11.1 Å². The lowest BCUT2D eigenvalue weighted by molar-refractivity contribution is 0.101. The fraction of sp³-hybridized carbons (Fsp3) is 0.188. The molecule has 0 amide bonds. The van der Waals surface area contributed by atoms with Gasteiger partial charge in [-0.25, -0.2) is 0 Å². The molecule has 0 atom stereocenters. The molecule has 2 heteroatoms. The minimum absolute atomic E-state index is 0.0841. The summed E-state index contributed by atoms with van der Waals surface area (Å²) >= 11 is 6.22. The first-order valence-electron chi connectivity index (χ1n) is 5.88. The molecular weight excluding hydrogens is 244 g/mol. The number of hydrogen-bond acceptors (Lipinski definition) is 1. The summed E-state index contributed by atoms with van der Waals surface area (Å²) in [7, 11) is 0. The first kappa shape index (κ1) is 12.8. The average Bonchev–Trinajstić information content (AvgIpc) is 2.30. The predicted octanol–water partition coefficient (Wildman–Crippen LogP) is 4.83. The molecule has 0 aromatic heterocycles. The highest BCUT2D eigenvalue weighted by Crippen LogP contribution is 2.32. The summed E-state index contributed by atoms with van der Waals surface area (Å²) in [5.74, 6) is 0.0841. The van der Waals surface area contributed by atoms with Gasteiger partial charge in [0.15, 0.2) is 5.78 Å². The van der Waals surface area contributed by atoms with Crippen molar-refractivity contribution in [1.29, 1.82) is 0 Å². The van der Waals surface area contributed by atoms with Gasteiger partial charge in [-0.2, -0.15) is 0 Å². The molecule has 0 fully saturated rings. The van der Waals surface area contributed by atoms with Crippen molar-refractivity contribution in [2.75, 3.05) is 0 Å². The smallest absolute Gasteiger partial charge is 0.160 e. The molecule has 0 aliphatic rings. The SMILES string of the molecule is CC(=O)c1cc(-c2ccccc2Cl)c(C)cc1C. The molecular formula is C16H15ClO. The van der Waals surface area contributed by atoms with Crippen LogP contribution in [0.1, 0.15) is 28.4 Å². The highest BCUT2D eigenvalue weighted by molar-refractivity contribution is 6.33. The van der Waals surface area contributed by atoms with Crippen LogP contribution in [0, 0.1) is 13.8 Å². The number of rotatable bonds is 2. The van der Waals surface area contributed by atoms with Crippen LogP contribution >= 0.6 is 11.6 Å². The molecule has 0 unspecified atom stereocenters. The summed E-state index contributed by atoms with van der Waals surface area (Å²) in [5.41, 5.74) is 4.90. The molecule has 0 saturated carbocycles. The van der Waals surface area contributed by atoms with Gasteiger partial charge in [-0.15, -0.1) is 0 Å². The van der Waals surface area contributed by atoms with E-state index >= 15 is 0 Å². The fourth-order valence-corrected chi connectivity index (χ4v) is 2.44. The quantitative estimate of drug-likeness (QED) is 0.706. The number of benzene rings is 2. The lowest BCUT2D eigenvalue weighted by atomic mass is 9.93. The Kier molecular flexibility index (Phi) is 3.53. The van der Waals surface area contributed by atoms with Gasteiger partial charge in [0.05, 0.1) is 0 Å². The summed E-state index contributed by atoms with van der Waals surface area (Å²) in [6, 6.07) is 11.7. The van der Waals surface area contributed by atoms with Crippen LogP contribution in [0.5, 0.6) is 0 Å². The van der Waals surface area contributed by atoms with Gasteiger partial charge >= 0.3 is 0 Å². The van der Waals surface area contributed by atoms with E-state index < -0.39 is 0 Å². The van der Waals surface area contributed by atoms with E-state index in [1.165, 1.54) is 0 Å². The van der Waals surface area contributed by atoms with Gasteiger partial charge in [-0.3, -0.25) is 4.79 Å². The molecule has 0 aliphatic heterocycles. The van der Waals surface area contributed by atoms with E-state index in [0.717, 1.165) is 27.8 Å². The molecule has 18 heavy (non-hydrogen) atoms. The van der Waals surface area contributed by atoms with Gasteiger partial charge in [0.1, 0.15) is 0 Å². The molecule has 0 bridgehead atoms. The topological polar surface area (TPSA) is 17.1 Å². The molecule has 92 valence electrons. The summed E-state index contributed by atoms with van der Waals surface area (Å²) in [4.78, 5) is 11.6. The fourth-order valence-electron chi connectivity index (χ4n) is 2.20. The van der Waals surface area contributed by atoms with E-state index in [2.05, 4.69) is 0 Å². The standard InChI is InChI=1S/C16H15ClO/c1-10-8-11(2)15(9-14(10)12(3)18)13-6-4-5-7-16(13)17/h4-9H,1-3H3. The van der Waals surface area contributed by atoms with Crippen molar-refractivity contribution in [3.63, 3.8) is 0 Å². The maximum absolute atomic E-state index is 11.6. The molecule has 2 aromatic rings. The molecule has 2 rings (SSSR count). The van der Waals surface area contributed by atoms with Crippen molar-refractivity contribution in [2.24, 2.45) is 0 Å². The third-order valence-electron chi connectivity index (χ3n) is 3.11. The highest BCUT2D eigenvalue weighted by atomic mass is 35.5. The summed E-state index contributed by atoms with van der Waals surface area (Å²) in [6.45, 7) is 5.59. The zero-order valence-corrected chi connectivity index (χ0v) is 11.5. The van der Waals surface area contributed by atoms with Crippen LogP contribution in [0.15, 0.2) is 36.4 Å². The Hall–Kier alpha value is -1.60. The minimum Gasteiger partial charge on any atom is -0.295 e. The van der Waals surface area contributed by atoms with Crippen molar-refractivity contribution >= 4 is 17.4 Å². The van der Waals surface area contributed by atoms with Gasteiger partial charge in [0.25, 0.3) is 0 Å². The minimum atomic E-state index is 0.0841. The Morgan fingerprint density at radius 3 is 2.28 bits per heavy atom. The molecule has 0 radical (unpaired) electrons. The van der Waals surface area contributed by atoms with E-state index in [1.54, 1.807) is 6.92 Å². The largest absolute Gasteiger partial charge is 0.295 e. The first-order chi connectivity index (χ1) is 8.50. The lowest BCUT2D eigenvalue weighted by Crippen LogP contribution is -1.98. The first-order valence-corrected chi connectivity index (χ1v) is 6.25. The maximum Gasteiger partial charge on any atom is 0.160 e. The van der Waals surface area contributed by atoms with Crippen LogP contribution < -0.4 is 0 Å². The number of Topliss-reactive ketones (excluding diaryl/α,β-unsaturated/α-hetero) is 1. The van der Waals surface area contributed by atoms with E-state index in [9.17, 15) is 4.79 Å². The Morgan fingerprint density at radius 2 is 1.67 bits per heavy atom. The Bertz CT molecular complexity index is 614. The van der Waals surface area contributed by atoms with Crippen molar-refractivity contribution < 1.29 is 4.79 Å². The van der Waals surface area contributed by atoms with Gasteiger partial charge in [-0.05, 0) is 49.6 Å². The molecule has 0 saturated heterocycles. The van der Waals surface area contributed by atoms with Crippen molar-refractivity contribution in [3.05, 3.63) is 58.1 Å². The van der Waals surface area contributed by atoms with Crippen LogP contribution in [0.2, 0.25) is 5.02 Å². The number of hydrogen-bond donors (Lipinski definition) is 0. The van der Waals surface area contributed by atoms with Crippen molar-refractivity contribution in [2.45, 2.75) is 20.8 Å². The van der Waals surface area contributed by atoms with Crippen LogP contribution in [-0.4, -0.2) is 5.78 Å². The second kappa shape index (κ2) is 4.95. The van der Waals surface area contributed by atoms with Crippen LogP contribution in [-0.2, 0) is 0 Å². The number of halogens is 1. The van der Waals surface area contributed by atoms with Gasteiger partial charge in [-0.1, -0.05) is 35.9 Å². The Labute approximate surface area is 112 Å². The van der Waals surface area contributed by atoms with Crippen molar-refractivity contribution in [1.82, 2.24) is 0 Å². The average molecular weight is 259 g/mol. The third-order valence-corrected chi connectivity index (χ3v) is 3.44. The molecule has 2 aromatic carbocycles. The molecule has 0 spiro atoms. The number of carbonyl (C=O) groups excluding carboxylic acids is 1. The van der Waals surface area contributed by atoms with E-state index in [1.807, 2.05) is 50.2 Å². The summed E-state index contributed by atoms with van der Waals surface area (Å²) in [5, 5.41) is 0.707. The van der Waals surface area contributed by atoms with Gasteiger partial charge in [0.2, 0.25) is 0 Å². The molecule has 0 N–H and O–H groups in total. The van der Waals surface area contributed by atoms with E-state index in [-0.39, 0.29) is 5.78 Å². The predicted molar refractivity (Wildman–Crippen MR) is 76.4 cm³/mol. The second-order valence-corrected chi connectivity index (χ2v) is 4.93. The third kappa shape index (κ3) is 2.32. The highest BCUT2D eigenvalue weighted by Gasteiger charge is 2.11. The number of carbonyl (C=O) groups is 1. The van der Waals surface area contributed by atoms with E-state index in [0.29, 0.717) is 5.02 Å². The van der Waals surface area contributed by atoms with Gasteiger partial charge in [0, 0.05) is 16.1 Å². The zero-order valence-electron chi connectivity index (χ0n) is 10.8. The number of aryl methyl sites for hydroxylation is 2. The maximum atomic E-state index is 11.6. The lowest BCUT2D eigenvalue weighted by Gasteiger charge is -2.12. The zero-order chi connectivity index (χ0) is 13.3. The van der Waals surface area contributed by atoms with Crippen LogP contribution in [0.25, 0.3) is 11.1 Å². The normalized spacial score (nSPS) is 10.4.